The van der Waals surface area contributed by atoms with Crippen LogP contribution in [0.25, 0.3) is 0 Å². The quantitative estimate of drug-likeness (QED) is 0.654. The molecule has 0 saturated heterocycles. The highest BCUT2D eigenvalue weighted by atomic mass is 32.2. The van der Waals surface area contributed by atoms with Gasteiger partial charge >= 0.3 is 0 Å². The van der Waals surface area contributed by atoms with E-state index in [4.69, 9.17) is 4.74 Å². The Labute approximate surface area is 151 Å². The Kier molecular flexibility index (Phi) is 7.86. The molecule has 144 valence electrons. The molecular formula is C16H28N2O5S2. The molecule has 0 aliphatic rings. The molecule has 1 rings (SSSR count). The van der Waals surface area contributed by atoms with Gasteiger partial charge in [0.25, 0.3) is 0 Å². The highest BCUT2D eigenvalue weighted by Crippen LogP contribution is 2.27. The predicted molar refractivity (Wildman–Crippen MR) is 99.0 cm³/mol. The third-order valence-electron chi connectivity index (χ3n) is 3.95. The van der Waals surface area contributed by atoms with Gasteiger partial charge in [-0.3, -0.25) is 0 Å². The topological polar surface area (TPSA) is 92.8 Å². The molecule has 1 aromatic rings. The van der Waals surface area contributed by atoms with Crippen molar-refractivity contribution in [3.8, 4) is 5.75 Å². The Morgan fingerprint density at radius 1 is 1.08 bits per heavy atom. The van der Waals surface area contributed by atoms with Gasteiger partial charge in [-0.25, -0.2) is 25.9 Å². The van der Waals surface area contributed by atoms with E-state index in [-0.39, 0.29) is 23.7 Å². The minimum Gasteiger partial charge on any atom is -0.495 e. The first-order chi connectivity index (χ1) is 11.5. The number of unbranched alkanes of at least 4 members (excludes halogenated alkanes) is 1. The minimum atomic E-state index is -3.80. The number of nitrogens with zero attached hydrogens (tertiary/aromatic N) is 1. The first-order valence-corrected chi connectivity index (χ1v) is 11.5. The molecule has 0 saturated carbocycles. The summed E-state index contributed by atoms with van der Waals surface area (Å²) < 4.78 is 57.6. The summed E-state index contributed by atoms with van der Waals surface area (Å²) in [4.78, 5) is 0.0533. The molecule has 1 N–H and O–H groups in total. The summed E-state index contributed by atoms with van der Waals surface area (Å²) >= 11 is 0. The summed E-state index contributed by atoms with van der Waals surface area (Å²) in [5, 5.41) is 0. The van der Waals surface area contributed by atoms with Gasteiger partial charge in [0.05, 0.1) is 13.4 Å². The lowest BCUT2D eigenvalue weighted by Gasteiger charge is -2.20. The number of aryl methyl sites for hydroxylation is 2. The van der Waals surface area contributed by atoms with Crippen molar-refractivity contribution in [2.24, 2.45) is 0 Å². The Morgan fingerprint density at radius 3 is 2.20 bits per heavy atom. The van der Waals surface area contributed by atoms with Crippen molar-refractivity contribution in [3.63, 3.8) is 0 Å². The van der Waals surface area contributed by atoms with Crippen LogP contribution in [0.1, 0.15) is 30.9 Å². The van der Waals surface area contributed by atoms with Crippen LogP contribution in [0, 0.1) is 13.8 Å². The predicted octanol–water partition coefficient (Wildman–Crippen LogP) is 1.65. The van der Waals surface area contributed by atoms with Crippen molar-refractivity contribution in [2.75, 3.05) is 33.0 Å². The normalized spacial score (nSPS) is 12.6. The molecule has 0 unspecified atom stereocenters. The molecule has 0 aromatic heterocycles. The van der Waals surface area contributed by atoms with Crippen molar-refractivity contribution in [1.82, 2.24) is 9.03 Å². The second kappa shape index (κ2) is 8.98. The number of sulfonamides is 2. The van der Waals surface area contributed by atoms with Crippen LogP contribution in [0.2, 0.25) is 0 Å². The Balaban J connectivity index is 2.90. The van der Waals surface area contributed by atoms with Gasteiger partial charge in [-0.15, -0.1) is 0 Å². The van der Waals surface area contributed by atoms with E-state index < -0.39 is 20.0 Å². The summed E-state index contributed by atoms with van der Waals surface area (Å²) in [6, 6.07) is 3.23. The second-order valence-electron chi connectivity index (χ2n) is 6.00. The fourth-order valence-corrected chi connectivity index (χ4v) is 4.43. The van der Waals surface area contributed by atoms with Gasteiger partial charge in [0.1, 0.15) is 10.6 Å². The van der Waals surface area contributed by atoms with Crippen LogP contribution in [0.5, 0.6) is 5.75 Å². The molecule has 0 radical (unpaired) electrons. The maximum Gasteiger partial charge on any atom is 0.244 e. The molecule has 0 amide bonds. The van der Waals surface area contributed by atoms with Crippen LogP contribution in [0.4, 0.5) is 0 Å². The maximum atomic E-state index is 12.6. The molecule has 0 aliphatic heterocycles. The third kappa shape index (κ3) is 6.25. The van der Waals surface area contributed by atoms with Gasteiger partial charge in [0.2, 0.25) is 20.0 Å². The van der Waals surface area contributed by atoms with E-state index in [2.05, 4.69) is 4.72 Å². The molecule has 9 heteroatoms. The van der Waals surface area contributed by atoms with Gasteiger partial charge < -0.3 is 4.74 Å². The van der Waals surface area contributed by atoms with E-state index in [1.54, 1.807) is 12.1 Å². The van der Waals surface area contributed by atoms with Gasteiger partial charge in [-0.1, -0.05) is 13.3 Å². The average molecular weight is 393 g/mol. The zero-order chi connectivity index (χ0) is 19.3. The fraction of sp³-hybridized carbons (Fsp3) is 0.625. The molecule has 0 spiro atoms. The van der Waals surface area contributed by atoms with Gasteiger partial charge in [0, 0.05) is 19.6 Å². The zero-order valence-electron chi connectivity index (χ0n) is 15.5. The standard InChI is InChI=1S/C16H28N2O5S2/c1-6-7-9-18(24(5,19)20)10-8-17-25(21,22)16-12-14(3)13(2)11-15(16)23-4/h11-12,17H,6-10H2,1-5H3. The summed E-state index contributed by atoms with van der Waals surface area (Å²) in [6.45, 7) is 6.13. The average Bonchev–Trinajstić information content (AvgIpc) is 2.51. The Bertz CT molecular complexity index is 789. The van der Waals surface area contributed by atoms with Crippen molar-refractivity contribution in [3.05, 3.63) is 23.3 Å². The van der Waals surface area contributed by atoms with Crippen LogP contribution in [-0.2, 0) is 20.0 Å². The summed E-state index contributed by atoms with van der Waals surface area (Å²) in [5.41, 5.74) is 1.76. The number of hydrogen-bond donors (Lipinski definition) is 1. The molecule has 0 aliphatic carbocycles. The molecular weight excluding hydrogens is 364 g/mol. The number of hydrogen-bond acceptors (Lipinski definition) is 5. The Hall–Kier alpha value is -1.16. The van der Waals surface area contributed by atoms with E-state index in [1.165, 1.54) is 11.4 Å². The largest absolute Gasteiger partial charge is 0.495 e. The summed E-state index contributed by atoms with van der Waals surface area (Å²) in [6.07, 6.45) is 2.71. The zero-order valence-corrected chi connectivity index (χ0v) is 17.1. The minimum absolute atomic E-state index is 0.00477. The van der Waals surface area contributed by atoms with E-state index in [0.29, 0.717) is 6.54 Å². The molecule has 0 heterocycles. The van der Waals surface area contributed by atoms with Crippen LogP contribution in [0.15, 0.2) is 17.0 Å². The first-order valence-electron chi connectivity index (χ1n) is 8.13. The monoisotopic (exact) mass is 392 g/mol. The smallest absolute Gasteiger partial charge is 0.244 e. The summed E-state index contributed by atoms with van der Waals surface area (Å²) in [5.74, 6) is 0.265. The number of ether oxygens (including phenoxy) is 1. The highest BCUT2D eigenvalue weighted by Gasteiger charge is 2.22. The lowest BCUT2D eigenvalue weighted by atomic mass is 10.1. The lowest BCUT2D eigenvalue weighted by Crippen LogP contribution is -2.38. The van der Waals surface area contributed by atoms with Gasteiger partial charge in [-0.05, 0) is 43.5 Å². The van der Waals surface area contributed by atoms with Crippen LogP contribution in [-0.4, -0.2) is 54.1 Å². The van der Waals surface area contributed by atoms with E-state index in [9.17, 15) is 16.8 Å². The third-order valence-corrected chi connectivity index (χ3v) is 6.74. The van der Waals surface area contributed by atoms with Crippen molar-refractivity contribution >= 4 is 20.0 Å². The molecule has 25 heavy (non-hydrogen) atoms. The van der Waals surface area contributed by atoms with Gasteiger partial charge in [-0.2, -0.15) is 0 Å². The molecule has 0 atom stereocenters. The molecule has 0 bridgehead atoms. The van der Waals surface area contributed by atoms with Crippen LogP contribution >= 0.6 is 0 Å². The fourth-order valence-electron chi connectivity index (χ4n) is 2.29. The molecule has 0 fully saturated rings. The first kappa shape index (κ1) is 21.9. The molecule has 7 nitrogen and oxygen atoms in total. The van der Waals surface area contributed by atoms with Gasteiger partial charge in [0.15, 0.2) is 0 Å². The number of nitrogens with one attached hydrogen (secondary N) is 1. The van der Waals surface area contributed by atoms with Crippen molar-refractivity contribution in [1.29, 1.82) is 0 Å². The maximum absolute atomic E-state index is 12.6. The number of methoxy groups -OCH3 is 1. The van der Waals surface area contributed by atoms with E-state index >= 15 is 0 Å². The Morgan fingerprint density at radius 2 is 1.68 bits per heavy atom. The van der Waals surface area contributed by atoms with E-state index in [0.717, 1.165) is 30.2 Å². The highest BCUT2D eigenvalue weighted by molar-refractivity contribution is 7.89. The molecule has 1 aromatic carbocycles. The van der Waals surface area contributed by atoms with Crippen LogP contribution in [0.3, 0.4) is 0 Å². The van der Waals surface area contributed by atoms with Crippen molar-refractivity contribution < 1.29 is 21.6 Å². The number of rotatable bonds is 10. The summed E-state index contributed by atoms with van der Waals surface area (Å²) in [7, 11) is -5.76. The lowest BCUT2D eigenvalue weighted by molar-refractivity contribution is 0.399. The SMILES string of the molecule is CCCCN(CCNS(=O)(=O)c1cc(C)c(C)cc1OC)S(C)(=O)=O. The van der Waals surface area contributed by atoms with E-state index in [1.807, 2.05) is 20.8 Å². The number of benzene rings is 1. The van der Waals surface area contributed by atoms with Crippen molar-refractivity contribution in [2.45, 2.75) is 38.5 Å². The van der Waals surface area contributed by atoms with Crippen LogP contribution < -0.4 is 9.46 Å². The second-order valence-corrected chi connectivity index (χ2v) is 9.72.